The van der Waals surface area contributed by atoms with Crippen LogP contribution in [0.4, 0.5) is 8.78 Å². The SMILES string of the molecule is Cc1ccc(C(=O)C2CSCCN2C)c(F)c1F. The Balaban J connectivity index is 2.31. The van der Waals surface area contributed by atoms with Crippen LogP contribution in [-0.2, 0) is 0 Å². The van der Waals surface area contributed by atoms with Gasteiger partial charge in [0.05, 0.1) is 11.6 Å². The van der Waals surface area contributed by atoms with Crippen LogP contribution < -0.4 is 0 Å². The highest BCUT2D eigenvalue weighted by Crippen LogP contribution is 2.22. The average molecular weight is 271 g/mol. The minimum Gasteiger partial charge on any atom is -0.295 e. The Bertz CT molecular complexity index is 478. The van der Waals surface area contributed by atoms with Crippen molar-refractivity contribution in [3.05, 3.63) is 34.9 Å². The zero-order valence-corrected chi connectivity index (χ0v) is 11.2. The number of benzene rings is 1. The van der Waals surface area contributed by atoms with E-state index in [1.165, 1.54) is 19.1 Å². The number of likely N-dealkylation sites (N-methyl/N-ethyl adjacent to an activating group) is 1. The molecular weight excluding hydrogens is 256 g/mol. The van der Waals surface area contributed by atoms with Gasteiger partial charge in [-0.2, -0.15) is 11.8 Å². The van der Waals surface area contributed by atoms with Crippen LogP contribution in [0.5, 0.6) is 0 Å². The highest BCUT2D eigenvalue weighted by molar-refractivity contribution is 7.99. The molecule has 0 spiro atoms. The standard InChI is InChI=1S/C13H15F2NOS/c1-8-3-4-9(12(15)11(8)14)13(17)10-7-18-6-5-16(10)2/h3-4,10H,5-7H2,1-2H3. The molecule has 0 saturated carbocycles. The normalized spacial score (nSPS) is 21.0. The van der Waals surface area contributed by atoms with E-state index in [2.05, 4.69) is 0 Å². The summed E-state index contributed by atoms with van der Waals surface area (Å²) in [5.74, 6) is -0.688. The molecule has 98 valence electrons. The van der Waals surface area contributed by atoms with E-state index < -0.39 is 11.6 Å². The van der Waals surface area contributed by atoms with Crippen molar-refractivity contribution in [2.45, 2.75) is 13.0 Å². The summed E-state index contributed by atoms with van der Waals surface area (Å²) in [4.78, 5) is 14.1. The van der Waals surface area contributed by atoms with Gasteiger partial charge in [-0.3, -0.25) is 9.69 Å². The van der Waals surface area contributed by atoms with Crippen molar-refractivity contribution in [2.24, 2.45) is 0 Å². The lowest BCUT2D eigenvalue weighted by molar-refractivity contribution is 0.0869. The molecule has 2 rings (SSSR count). The number of rotatable bonds is 2. The van der Waals surface area contributed by atoms with Crippen molar-refractivity contribution in [2.75, 3.05) is 25.1 Å². The Morgan fingerprint density at radius 3 is 2.78 bits per heavy atom. The molecule has 0 aromatic heterocycles. The number of carbonyl (C=O) groups excluding carboxylic acids is 1. The van der Waals surface area contributed by atoms with E-state index in [4.69, 9.17) is 0 Å². The molecule has 0 N–H and O–H groups in total. The number of Topliss-reactive ketones (excluding diaryl/α,β-unsaturated/α-hetero) is 1. The van der Waals surface area contributed by atoms with E-state index in [0.717, 1.165) is 12.3 Å². The number of nitrogens with zero attached hydrogens (tertiary/aromatic N) is 1. The van der Waals surface area contributed by atoms with Gasteiger partial charge in [0, 0.05) is 18.1 Å². The monoisotopic (exact) mass is 271 g/mol. The molecule has 1 heterocycles. The second-order valence-corrected chi connectivity index (χ2v) is 5.64. The van der Waals surface area contributed by atoms with Gasteiger partial charge < -0.3 is 0 Å². The predicted molar refractivity (Wildman–Crippen MR) is 69.2 cm³/mol. The van der Waals surface area contributed by atoms with Gasteiger partial charge in [0.25, 0.3) is 0 Å². The fraction of sp³-hybridized carbons (Fsp3) is 0.462. The lowest BCUT2D eigenvalue weighted by Gasteiger charge is -2.30. The van der Waals surface area contributed by atoms with Gasteiger partial charge in [-0.15, -0.1) is 0 Å². The summed E-state index contributed by atoms with van der Waals surface area (Å²) in [6.45, 7) is 2.27. The Morgan fingerprint density at radius 2 is 2.11 bits per heavy atom. The number of hydrogen-bond donors (Lipinski definition) is 0. The van der Waals surface area contributed by atoms with Crippen LogP contribution in [0.15, 0.2) is 12.1 Å². The first-order valence-corrected chi connectivity index (χ1v) is 6.94. The van der Waals surface area contributed by atoms with E-state index in [9.17, 15) is 13.6 Å². The van der Waals surface area contributed by atoms with Crippen LogP contribution >= 0.6 is 11.8 Å². The van der Waals surface area contributed by atoms with Gasteiger partial charge in [0.15, 0.2) is 17.4 Å². The molecule has 1 saturated heterocycles. The fourth-order valence-corrected chi connectivity index (χ4v) is 3.19. The molecule has 1 fully saturated rings. The molecule has 2 nitrogen and oxygen atoms in total. The molecular formula is C13H15F2NOS. The van der Waals surface area contributed by atoms with Crippen LogP contribution in [-0.4, -0.2) is 41.8 Å². The minimum atomic E-state index is -1.02. The molecule has 1 atom stereocenters. The lowest BCUT2D eigenvalue weighted by Crippen LogP contribution is -2.45. The van der Waals surface area contributed by atoms with Crippen LogP contribution in [0.25, 0.3) is 0 Å². The van der Waals surface area contributed by atoms with Crippen molar-refractivity contribution in [1.29, 1.82) is 0 Å². The molecule has 1 unspecified atom stereocenters. The summed E-state index contributed by atoms with van der Waals surface area (Å²) in [6.07, 6.45) is 0. The Labute approximate surface area is 109 Å². The maximum Gasteiger partial charge on any atom is 0.183 e. The van der Waals surface area contributed by atoms with Crippen molar-refractivity contribution in [1.82, 2.24) is 4.90 Å². The third-order valence-electron chi connectivity index (χ3n) is 3.24. The van der Waals surface area contributed by atoms with Gasteiger partial charge >= 0.3 is 0 Å². The maximum atomic E-state index is 13.8. The first-order valence-electron chi connectivity index (χ1n) is 5.79. The molecule has 1 aromatic rings. The maximum absolute atomic E-state index is 13.8. The number of hydrogen-bond acceptors (Lipinski definition) is 3. The summed E-state index contributed by atoms with van der Waals surface area (Å²) in [5.41, 5.74) is 0.0767. The first kappa shape index (κ1) is 13.5. The predicted octanol–water partition coefficient (Wildman–Crippen LogP) is 2.50. The number of aryl methyl sites for hydroxylation is 1. The van der Waals surface area contributed by atoms with Crippen molar-refractivity contribution >= 4 is 17.5 Å². The van der Waals surface area contributed by atoms with Crippen molar-refractivity contribution < 1.29 is 13.6 Å². The molecule has 0 radical (unpaired) electrons. The third kappa shape index (κ3) is 2.42. The summed E-state index contributed by atoms with van der Waals surface area (Å²) in [6, 6.07) is 2.46. The van der Waals surface area contributed by atoms with Gasteiger partial charge in [-0.05, 0) is 25.6 Å². The topological polar surface area (TPSA) is 20.3 Å². The molecule has 5 heteroatoms. The average Bonchev–Trinajstić information content (AvgIpc) is 2.36. The summed E-state index contributed by atoms with van der Waals surface area (Å²) in [5, 5.41) is 0. The van der Waals surface area contributed by atoms with E-state index >= 15 is 0 Å². The molecule has 18 heavy (non-hydrogen) atoms. The highest BCUT2D eigenvalue weighted by Gasteiger charge is 2.29. The summed E-state index contributed by atoms with van der Waals surface area (Å²) < 4.78 is 27.2. The summed E-state index contributed by atoms with van der Waals surface area (Å²) in [7, 11) is 1.84. The second kappa shape index (κ2) is 5.36. The number of ketones is 1. The van der Waals surface area contributed by atoms with Gasteiger partial charge in [-0.1, -0.05) is 6.07 Å². The molecule has 0 amide bonds. The highest BCUT2D eigenvalue weighted by atomic mass is 32.2. The number of carbonyl (C=O) groups is 1. The molecule has 1 aliphatic heterocycles. The second-order valence-electron chi connectivity index (χ2n) is 4.49. The van der Waals surface area contributed by atoms with Gasteiger partial charge in [-0.25, -0.2) is 8.78 Å². The zero-order valence-electron chi connectivity index (χ0n) is 10.4. The van der Waals surface area contributed by atoms with Crippen molar-refractivity contribution in [3.8, 4) is 0 Å². The third-order valence-corrected chi connectivity index (χ3v) is 4.26. The molecule has 1 aromatic carbocycles. The van der Waals surface area contributed by atoms with Crippen LogP contribution in [0.1, 0.15) is 15.9 Å². The van der Waals surface area contributed by atoms with E-state index in [1.54, 1.807) is 11.8 Å². The molecule has 0 aliphatic carbocycles. The van der Waals surface area contributed by atoms with Gasteiger partial charge in [0.2, 0.25) is 0 Å². The van der Waals surface area contributed by atoms with Crippen LogP contribution in [0, 0.1) is 18.6 Å². The van der Waals surface area contributed by atoms with E-state index in [1.807, 2.05) is 11.9 Å². The lowest BCUT2D eigenvalue weighted by atomic mass is 10.0. The number of halogens is 2. The Kier molecular flexibility index (Phi) is 4.02. The van der Waals surface area contributed by atoms with Crippen LogP contribution in [0.3, 0.4) is 0 Å². The minimum absolute atomic E-state index is 0.141. The molecule has 0 bridgehead atoms. The van der Waals surface area contributed by atoms with Crippen LogP contribution in [0.2, 0.25) is 0 Å². The first-order chi connectivity index (χ1) is 8.52. The van der Waals surface area contributed by atoms with Crippen molar-refractivity contribution in [3.63, 3.8) is 0 Å². The Morgan fingerprint density at radius 1 is 1.39 bits per heavy atom. The number of thioether (sulfide) groups is 1. The van der Waals surface area contributed by atoms with E-state index in [0.29, 0.717) is 5.75 Å². The zero-order chi connectivity index (χ0) is 13.3. The van der Waals surface area contributed by atoms with Gasteiger partial charge in [0.1, 0.15) is 0 Å². The Hall–Kier alpha value is -0.940. The summed E-state index contributed by atoms with van der Waals surface area (Å²) >= 11 is 1.66. The van der Waals surface area contributed by atoms with E-state index in [-0.39, 0.29) is 23.0 Å². The smallest absolute Gasteiger partial charge is 0.183 e. The largest absolute Gasteiger partial charge is 0.295 e. The quantitative estimate of drug-likeness (QED) is 0.771. The molecule has 1 aliphatic rings. The fourth-order valence-electron chi connectivity index (χ4n) is 1.98.